The quantitative estimate of drug-likeness (QED) is 0.866. The number of rotatable bonds is 4. The molecule has 6 nitrogen and oxygen atoms in total. The van der Waals surface area contributed by atoms with E-state index in [1.807, 2.05) is 30.0 Å². The lowest BCUT2D eigenvalue weighted by molar-refractivity contribution is -0.119. The molecule has 0 saturated heterocycles. The van der Waals surface area contributed by atoms with Crippen molar-refractivity contribution in [2.24, 2.45) is 0 Å². The predicted molar refractivity (Wildman–Crippen MR) is 91.0 cm³/mol. The maximum atomic E-state index is 12.7. The van der Waals surface area contributed by atoms with Gasteiger partial charge >= 0.3 is 0 Å². The highest BCUT2D eigenvalue weighted by atomic mass is 16.5. The first-order valence-corrected chi connectivity index (χ1v) is 8.08. The van der Waals surface area contributed by atoms with E-state index in [1.54, 1.807) is 13.0 Å². The Morgan fingerprint density at radius 2 is 2.12 bits per heavy atom. The Hall–Kier alpha value is -2.63. The van der Waals surface area contributed by atoms with Crippen molar-refractivity contribution in [1.82, 2.24) is 5.16 Å². The molecule has 2 amide bonds. The van der Waals surface area contributed by atoms with Gasteiger partial charge in [0.2, 0.25) is 11.8 Å². The summed E-state index contributed by atoms with van der Waals surface area (Å²) >= 11 is 0. The molecule has 0 saturated carbocycles. The number of amides is 2. The lowest BCUT2D eigenvalue weighted by atomic mass is 10.1. The first-order chi connectivity index (χ1) is 11.5. The van der Waals surface area contributed by atoms with Gasteiger partial charge in [0.05, 0.1) is 0 Å². The Labute approximate surface area is 141 Å². The fraction of sp³-hybridized carbons (Fsp3) is 0.389. The van der Waals surface area contributed by atoms with Gasteiger partial charge in [0.15, 0.2) is 5.82 Å². The van der Waals surface area contributed by atoms with Crippen molar-refractivity contribution in [2.75, 3.05) is 16.3 Å². The molecule has 1 unspecified atom stereocenters. The molecular formula is C18H21N3O3. The molecule has 1 atom stereocenters. The summed E-state index contributed by atoms with van der Waals surface area (Å²) in [6, 6.07) is 9.79. The second-order valence-corrected chi connectivity index (χ2v) is 6.16. The molecule has 1 aromatic heterocycles. The van der Waals surface area contributed by atoms with E-state index in [0.717, 1.165) is 12.1 Å². The average molecular weight is 327 g/mol. The van der Waals surface area contributed by atoms with E-state index in [0.29, 0.717) is 11.6 Å². The minimum atomic E-state index is -0.161. The van der Waals surface area contributed by atoms with Crippen LogP contribution in [0.2, 0.25) is 0 Å². The van der Waals surface area contributed by atoms with Crippen LogP contribution in [0.5, 0.6) is 0 Å². The van der Waals surface area contributed by atoms with Crippen molar-refractivity contribution in [3.05, 3.63) is 41.7 Å². The van der Waals surface area contributed by atoms with Gasteiger partial charge in [-0.25, -0.2) is 0 Å². The number of anilines is 2. The molecule has 3 rings (SSSR count). The fourth-order valence-corrected chi connectivity index (χ4v) is 3.19. The molecule has 126 valence electrons. The highest BCUT2D eigenvalue weighted by Crippen LogP contribution is 2.32. The largest absolute Gasteiger partial charge is 0.360 e. The molecule has 2 aromatic rings. The summed E-state index contributed by atoms with van der Waals surface area (Å²) in [5.41, 5.74) is 2.16. The Kier molecular flexibility index (Phi) is 4.38. The van der Waals surface area contributed by atoms with Gasteiger partial charge < -0.3 is 9.42 Å². The third kappa shape index (κ3) is 3.04. The summed E-state index contributed by atoms with van der Waals surface area (Å²) in [6.07, 6.45) is 1.10. The second kappa shape index (κ2) is 6.47. The summed E-state index contributed by atoms with van der Waals surface area (Å²) in [4.78, 5) is 27.9. The highest BCUT2D eigenvalue weighted by molar-refractivity contribution is 5.97. The van der Waals surface area contributed by atoms with Crippen LogP contribution in [0.3, 0.4) is 0 Å². The van der Waals surface area contributed by atoms with E-state index in [4.69, 9.17) is 4.52 Å². The van der Waals surface area contributed by atoms with Crippen molar-refractivity contribution < 1.29 is 14.1 Å². The lowest BCUT2D eigenvalue weighted by Crippen LogP contribution is -2.39. The summed E-state index contributed by atoms with van der Waals surface area (Å²) < 4.78 is 5.03. The summed E-state index contributed by atoms with van der Waals surface area (Å²) in [7, 11) is 0. The van der Waals surface area contributed by atoms with E-state index < -0.39 is 0 Å². The van der Waals surface area contributed by atoms with Gasteiger partial charge in [-0.2, -0.15) is 0 Å². The first kappa shape index (κ1) is 16.2. The molecule has 0 aliphatic carbocycles. The number of hydrogen-bond acceptors (Lipinski definition) is 4. The van der Waals surface area contributed by atoms with Crippen LogP contribution < -0.4 is 9.80 Å². The molecule has 0 radical (unpaired) electrons. The summed E-state index contributed by atoms with van der Waals surface area (Å²) in [6.45, 7) is 5.55. The SMILES string of the molecule is CC(=O)N(CCC(=O)N1c2ccccc2CC1C)c1cc(C)on1. The van der Waals surface area contributed by atoms with E-state index in [9.17, 15) is 9.59 Å². The van der Waals surface area contributed by atoms with Crippen LogP contribution in [0.15, 0.2) is 34.9 Å². The Balaban J connectivity index is 1.72. The third-order valence-electron chi connectivity index (χ3n) is 4.30. The topological polar surface area (TPSA) is 66.7 Å². The highest BCUT2D eigenvalue weighted by Gasteiger charge is 2.30. The van der Waals surface area contributed by atoms with E-state index >= 15 is 0 Å². The molecule has 0 spiro atoms. The number of carbonyl (C=O) groups excluding carboxylic acids is 2. The van der Waals surface area contributed by atoms with Crippen molar-refractivity contribution in [3.8, 4) is 0 Å². The molecule has 0 N–H and O–H groups in total. The van der Waals surface area contributed by atoms with E-state index in [-0.39, 0.29) is 30.8 Å². The Morgan fingerprint density at radius 1 is 1.38 bits per heavy atom. The number of hydrogen-bond donors (Lipinski definition) is 0. The predicted octanol–water partition coefficient (Wildman–Crippen LogP) is 2.70. The molecule has 1 aromatic carbocycles. The zero-order chi connectivity index (χ0) is 17.3. The van der Waals surface area contributed by atoms with Crippen LogP contribution in [0.25, 0.3) is 0 Å². The number of nitrogens with zero attached hydrogens (tertiary/aromatic N) is 3. The summed E-state index contributed by atoms with van der Waals surface area (Å²) in [5.74, 6) is 0.928. The van der Waals surface area contributed by atoms with Crippen LogP contribution in [0.4, 0.5) is 11.5 Å². The molecule has 6 heteroatoms. The zero-order valence-corrected chi connectivity index (χ0v) is 14.2. The van der Waals surface area contributed by atoms with Crippen molar-refractivity contribution in [2.45, 2.75) is 39.7 Å². The Bertz CT molecular complexity index is 768. The minimum Gasteiger partial charge on any atom is -0.360 e. The fourth-order valence-electron chi connectivity index (χ4n) is 3.19. The van der Waals surface area contributed by atoms with Gasteiger partial charge in [-0.3, -0.25) is 14.5 Å². The second-order valence-electron chi connectivity index (χ2n) is 6.16. The number of carbonyl (C=O) groups is 2. The van der Waals surface area contributed by atoms with Gasteiger partial charge in [0.25, 0.3) is 0 Å². The lowest BCUT2D eigenvalue weighted by Gasteiger charge is -2.24. The molecule has 24 heavy (non-hydrogen) atoms. The smallest absolute Gasteiger partial charge is 0.229 e. The molecule has 1 aliphatic rings. The van der Waals surface area contributed by atoms with Gasteiger partial charge in [-0.1, -0.05) is 23.4 Å². The minimum absolute atomic E-state index is 0.0129. The van der Waals surface area contributed by atoms with E-state index in [1.165, 1.54) is 17.4 Å². The third-order valence-corrected chi connectivity index (χ3v) is 4.30. The van der Waals surface area contributed by atoms with Gasteiger partial charge in [-0.15, -0.1) is 0 Å². The van der Waals surface area contributed by atoms with E-state index in [2.05, 4.69) is 11.2 Å². The standard InChI is InChI=1S/C18H21N3O3/c1-12-10-15-6-4-5-7-16(15)21(12)18(23)8-9-20(14(3)22)17-11-13(2)24-19-17/h4-7,11-12H,8-10H2,1-3H3. The maximum absolute atomic E-state index is 12.7. The first-order valence-electron chi connectivity index (χ1n) is 8.08. The summed E-state index contributed by atoms with van der Waals surface area (Å²) in [5, 5.41) is 3.87. The number of aromatic nitrogens is 1. The maximum Gasteiger partial charge on any atom is 0.229 e. The molecule has 0 bridgehead atoms. The van der Waals surface area contributed by atoms with Gasteiger partial charge in [-0.05, 0) is 31.9 Å². The number of aryl methyl sites for hydroxylation is 1. The molecular weight excluding hydrogens is 306 g/mol. The normalized spacial score (nSPS) is 16.1. The van der Waals surface area contributed by atoms with Crippen LogP contribution in [0.1, 0.15) is 31.6 Å². The van der Waals surface area contributed by atoms with Crippen molar-refractivity contribution in [1.29, 1.82) is 0 Å². The Morgan fingerprint density at radius 3 is 2.79 bits per heavy atom. The van der Waals surface area contributed by atoms with Crippen LogP contribution in [-0.2, 0) is 16.0 Å². The number of fused-ring (bicyclic) bond motifs is 1. The molecule has 1 aliphatic heterocycles. The average Bonchev–Trinajstić information content (AvgIpc) is 3.09. The van der Waals surface area contributed by atoms with Crippen molar-refractivity contribution in [3.63, 3.8) is 0 Å². The molecule has 2 heterocycles. The van der Waals surface area contributed by atoms with Crippen molar-refractivity contribution >= 4 is 23.3 Å². The number of benzene rings is 1. The van der Waals surface area contributed by atoms with Crippen LogP contribution in [0, 0.1) is 6.92 Å². The van der Waals surface area contributed by atoms with Crippen LogP contribution in [-0.4, -0.2) is 29.6 Å². The number of para-hydroxylation sites is 1. The van der Waals surface area contributed by atoms with Crippen LogP contribution >= 0.6 is 0 Å². The van der Waals surface area contributed by atoms with Gasteiger partial charge in [0, 0.05) is 37.7 Å². The monoisotopic (exact) mass is 327 g/mol. The van der Waals surface area contributed by atoms with Gasteiger partial charge in [0.1, 0.15) is 5.76 Å². The zero-order valence-electron chi connectivity index (χ0n) is 14.2. The molecule has 0 fully saturated rings.